The van der Waals surface area contributed by atoms with E-state index in [0.29, 0.717) is 16.9 Å². The van der Waals surface area contributed by atoms with E-state index in [1.54, 1.807) is 24.3 Å². The zero-order valence-corrected chi connectivity index (χ0v) is 14.2. The lowest BCUT2D eigenvalue weighted by molar-refractivity contribution is -0.117. The number of anilines is 2. The van der Waals surface area contributed by atoms with E-state index < -0.39 is 17.5 Å². The maximum atomic E-state index is 13.0. The highest BCUT2D eigenvalue weighted by Gasteiger charge is 2.13. The summed E-state index contributed by atoms with van der Waals surface area (Å²) in [6.45, 7) is 1.01. The van der Waals surface area contributed by atoms with Gasteiger partial charge in [-0.05, 0) is 42.5 Å². The normalized spacial score (nSPS) is 10.4. The largest absolute Gasteiger partial charge is 0.437 e. The first-order valence-corrected chi connectivity index (χ1v) is 7.92. The van der Waals surface area contributed by atoms with Crippen molar-refractivity contribution in [3.63, 3.8) is 0 Å². The highest BCUT2D eigenvalue weighted by molar-refractivity contribution is 5.93. The third kappa shape index (κ3) is 4.66. The van der Waals surface area contributed by atoms with E-state index >= 15 is 0 Å². The van der Waals surface area contributed by atoms with Gasteiger partial charge in [-0.15, -0.1) is 5.10 Å². The number of hydrogen-bond donors (Lipinski definition) is 2. The van der Waals surface area contributed by atoms with Crippen LogP contribution in [0.25, 0.3) is 11.5 Å². The van der Waals surface area contributed by atoms with E-state index in [0.717, 1.165) is 4.68 Å². The van der Waals surface area contributed by atoms with Crippen molar-refractivity contribution < 1.29 is 18.4 Å². The molecule has 0 atom stereocenters. The number of nitrogens with zero attached hydrogens (tertiary/aromatic N) is 2. The van der Waals surface area contributed by atoms with E-state index in [9.17, 15) is 18.8 Å². The highest BCUT2D eigenvalue weighted by atomic mass is 19.1. The van der Waals surface area contributed by atoms with Crippen LogP contribution in [0.2, 0.25) is 0 Å². The minimum atomic E-state index is -0.809. The van der Waals surface area contributed by atoms with E-state index in [1.807, 2.05) is 0 Å². The fourth-order valence-corrected chi connectivity index (χ4v) is 2.33. The summed E-state index contributed by atoms with van der Waals surface area (Å²) in [5, 5.41) is 9.16. The number of carbonyl (C=O) groups is 2. The Morgan fingerprint density at radius 2 is 1.78 bits per heavy atom. The second-order valence-corrected chi connectivity index (χ2v) is 5.65. The molecule has 0 spiro atoms. The summed E-state index contributed by atoms with van der Waals surface area (Å²) in [5.74, 6) is -1.99. The van der Waals surface area contributed by atoms with Crippen molar-refractivity contribution in [3.8, 4) is 11.5 Å². The monoisotopic (exact) mass is 370 g/mol. The van der Waals surface area contributed by atoms with Gasteiger partial charge in [-0.3, -0.25) is 9.59 Å². The SMILES string of the molecule is CC(=O)Nc1cccc(NC(=O)Cn2nc(-c3ccc(F)cc3)oc2=O)c1. The fourth-order valence-electron chi connectivity index (χ4n) is 2.33. The summed E-state index contributed by atoms with van der Waals surface area (Å²) in [5.41, 5.74) is 1.38. The number of hydrogen-bond acceptors (Lipinski definition) is 5. The third-order valence-electron chi connectivity index (χ3n) is 3.46. The van der Waals surface area contributed by atoms with E-state index in [-0.39, 0.29) is 18.3 Å². The molecule has 138 valence electrons. The zero-order valence-electron chi connectivity index (χ0n) is 14.2. The zero-order chi connectivity index (χ0) is 19.4. The van der Waals surface area contributed by atoms with Crippen molar-refractivity contribution in [2.24, 2.45) is 0 Å². The smallest absolute Gasteiger partial charge is 0.388 e. The number of halogens is 1. The van der Waals surface area contributed by atoms with Crippen molar-refractivity contribution >= 4 is 23.2 Å². The second kappa shape index (κ2) is 7.65. The molecule has 0 radical (unpaired) electrons. The Balaban J connectivity index is 1.70. The van der Waals surface area contributed by atoms with Gasteiger partial charge in [-0.1, -0.05) is 6.07 Å². The van der Waals surface area contributed by atoms with Crippen LogP contribution in [-0.4, -0.2) is 21.6 Å². The van der Waals surface area contributed by atoms with E-state index in [2.05, 4.69) is 15.7 Å². The number of nitrogens with one attached hydrogen (secondary N) is 2. The molecule has 3 aromatic rings. The number of carbonyl (C=O) groups excluding carboxylic acids is 2. The molecule has 0 aliphatic carbocycles. The first-order valence-electron chi connectivity index (χ1n) is 7.92. The summed E-state index contributed by atoms with van der Waals surface area (Å²) in [7, 11) is 0. The molecular weight excluding hydrogens is 355 g/mol. The minimum absolute atomic E-state index is 0.0135. The van der Waals surface area contributed by atoms with Crippen LogP contribution < -0.4 is 16.4 Å². The molecule has 0 bridgehead atoms. The number of aromatic nitrogens is 2. The van der Waals surface area contributed by atoms with Crippen molar-refractivity contribution in [2.75, 3.05) is 10.6 Å². The molecule has 1 aromatic heterocycles. The summed E-state index contributed by atoms with van der Waals surface area (Å²) in [4.78, 5) is 35.1. The van der Waals surface area contributed by atoms with Gasteiger partial charge in [0.2, 0.25) is 17.7 Å². The maximum Gasteiger partial charge on any atom is 0.437 e. The molecule has 0 unspecified atom stereocenters. The quantitative estimate of drug-likeness (QED) is 0.716. The maximum absolute atomic E-state index is 13.0. The molecule has 3 rings (SSSR count). The number of rotatable bonds is 5. The van der Waals surface area contributed by atoms with Gasteiger partial charge in [0.05, 0.1) is 0 Å². The van der Waals surface area contributed by atoms with Crippen molar-refractivity contribution in [3.05, 3.63) is 64.9 Å². The molecule has 9 heteroatoms. The second-order valence-electron chi connectivity index (χ2n) is 5.65. The van der Waals surface area contributed by atoms with Crippen LogP contribution in [0.4, 0.5) is 15.8 Å². The Bertz CT molecular complexity index is 1040. The Kier molecular flexibility index (Phi) is 5.11. The summed E-state index contributed by atoms with van der Waals surface area (Å²) in [6.07, 6.45) is 0. The van der Waals surface area contributed by atoms with E-state index in [1.165, 1.54) is 31.2 Å². The van der Waals surface area contributed by atoms with Gasteiger partial charge in [-0.2, -0.15) is 4.68 Å². The Morgan fingerprint density at radius 3 is 2.44 bits per heavy atom. The summed E-state index contributed by atoms with van der Waals surface area (Å²) >= 11 is 0. The van der Waals surface area contributed by atoms with Crippen LogP contribution in [0.15, 0.2) is 57.7 Å². The average Bonchev–Trinajstić information content (AvgIpc) is 2.95. The van der Waals surface area contributed by atoms with E-state index in [4.69, 9.17) is 4.42 Å². The molecule has 27 heavy (non-hydrogen) atoms. The van der Waals surface area contributed by atoms with Crippen LogP contribution in [0.5, 0.6) is 0 Å². The van der Waals surface area contributed by atoms with Gasteiger partial charge in [0, 0.05) is 23.9 Å². The summed E-state index contributed by atoms with van der Waals surface area (Å²) < 4.78 is 18.8. The van der Waals surface area contributed by atoms with Crippen molar-refractivity contribution in [2.45, 2.75) is 13.5 Å². The number of benzene rings is 2. The molecular formula is C18H15FN4O4. The molecule has 0 aliphatic heterocycles. The molecule has 0 fully saturated rings. The van der Waals surface area contributed by atoms with Crippen LogP contribution in [0, 0.1) is 5.82 Å². The Labute approximate surface area is 152 Å². The van der Waals surface area contributed by atoms with Gasteiger partial charge in [-0.25, -0.2) is 9.18 Å². The molecule has 2 N–H and O–H groups in total. The number of amides is 2. The standard InChI is InChI=1S/C18H15FN4O4/c1-11(24)20-14-3-2-4-15(9-14)21-16(25)10-23-18(26)27-17(22-23)12-5-7-13(19)8-6-12/h2-9H,10H2,1H3,(H,20,24)(H,21,25). The molecule has 2 aromatic carbocycles. The van der Waals surface area contributed by atoms with Gasteiger partial charge in [0.25, 0.3) is 0 Å². The van der Waals surface area contributed by atoms with Gasteiger partial charge in [0.1, 0.15) is 12.4 Å². The van der Waals surface area contributed by atoms with Gasteiger partial charge in [0.15, 0.2) is 0 Å². The van der Waals surface area contributed by atoms with Gasteiger partial charge >= 0.3 is 5.76 Å². The lowest BCUT2D eigenvalue weighted by Crippen LogP contribution is -2.25. The topological polar surface area (TPSA) is 106 Å². The fraction of sp³-hybridized carbons (Fsp3) is 0.111. The van der Waals surface area contributed by atoms with Crippen LogP contribution >= 0.6 is 0 Å². The lowest BCUT2D eigenvalue weighted by atomic mass is 10.2. The molecule has 0 saturated carbocycles. The third-order valence-corrected chi connectivity index (χ3v) is 3.46. The Hall–Kier alpha value is -3.75. The lowest BCUT2D eigenvalue weighted by Gasteiger charge is -2.07. The Morgan fingerprint density at radius 1 is 1.11 bits per heavy atom. The molecule has 1 heterocycles. The van der Waals surface area contributed by atoms with Gasteiger partial charge < -0.3 is 15.1 Å². The highest BCUT2D eigenvalue weighted by Crippen LogP contribution is 2.16. The predicted octanol–water partition coefficient (Wildman–Crippen LogP) is 2.24. The molecule has 0 aliphatic rings. The molecule has 8 nitrogen and oxygen atoms in total. The van der Waals surface area contributed by atoms with Crippen LogP contribution in [0.1, 0.15) is 6.92 Å². The average molecular weight is 370 g/mol. The van der Waals surface area contributed by atoms with Crippen LogP contribution in [0.3, 0.4) is 0 Å². The first kappa shape index (κ1) is 18.1. The molecule has 2 amide bonds. The summed E-state index contributed by atoms with van der Waals surface area (Å²) in [6, 6.07) is 11.8. The first-order chi connectivity index (χ1) is 12.9. The minimum Gasteiger partial charge on any atom is -0.388 e. The van der Waals surface area contributed by atoms with Crippen molar-refractivity contribution in [1.82, 2.24) is 9.78 Å². The van der Waals surface area contributed by atoms with Crippen molar-refractivity contribution in [1.29, 1.82) is 0 Å². The molecule has 0 saturated heterocycles. The van der Waals surface area contributed by atoms with Crippen LogP contribution in [-0.2, 0) is 16.1 Å². The predicted molar refractivity (Wildman–Crippen MR) is 95.5 cm³/mol.